The molecule has 0 aromatic heterocycles. The summed E-state index contributed by atoms with van der Waals surface area (Å²) in [5.41, 5.74) is 2.66. The van der Waals surface area contributed by atoms with E-state index in [2.05, 4.69) is 10.5 Å². The number of hydrogen-bond acceptors (Lipinski definition) is 4. The number of carbonyl (C=O) groups excluding carboxylic acids is 2. The predicted octanol–water partition coefficient (Wildman–Crippen LogP) is 0.403. The maximum absolute atomic E-state index is 12.1. The summed E-state index contributed by atoms with van der Waals surface area (Å²) in [6, 6.07) is 2.02. The second-order valence-electron chi connectivity index (χ2n) is 4.09. The van der Waals surface area contributed by atoms with Crippen LogP contribution in [0.15, 0.2) is 5.10 Å². The monoisotopic (exact) mass is 236 g/mol. The molecule has 1 rings (SSSR count). The van der Waals surface area contributed by atoms with Crippen molar-refractivity contribution in [3.05, 3.63) is 0 Å². The number of amides is 2. The molecule has 17 heavy (non-hydrogen) atoms. The van der Waals surface area contributed by atoms with E-state index in [1.165, 1.54) is 0 Å². The van der Waals surface area contributed by atoms with Gasteiger partial charge < -0.3 is 4.90 Å². The highest BCUT2D eigenvalue weighted by Gasteiger charge is 2.24. The minimum absolute atomic E-state index is 0.0104. The lowest BCUT2D eigenvalue weighted by Gasteiger charge is -2.27. The minimum Gasteiger partial charge on any atom is -0.334 e. The van der Waals surface area contributed by atoms with Crippen LogP contribution in [0.25, 0.3) is 0 Å². The van der Waals surface area contributed by atoms with Gasteiger partial charge >= 0.3 is 0 Å². The van der Waals surface area contributed by atoms with Gasteiger partial charge in [-0.3, -0.25) is 9.59 Å². The van der Waals surface area contributed by atoms with Crippen LogP contribution < -0.4 is 5.43 Å². The molecule has 92 valence electrons. The molecule has 0 aliphatic carbocycles. The third-order valence-corrected chi connectivity index (χ3v) is 2.50. The summed E-state index contributed by atoms with van der Waals surface area (Å²) in [6.07, 6.45) is 0.943. The molecule has 1 aliphatic rings. The smallest absolute Gasteiger partial charge is 0.270 e. The Balaban J connectivity index is 2.71. The molecule has 0 saturated carbocycles. The van der Waals surface area contributed by atoms with Crippen molar-refractivity contribution in [2.24, 2.45) is 5.10 Å². The van der Waals surface area contributed by atoms with Gasteiger partial charge in [0.1, 0.15) is 5.71 Å². The molecule has 2 amide bonds. The van der Waals surface area contributed by atoms with Gasteiger partial charge in [-0.05, 0) is 13.8 Å². The molecule has 0 fully saturated rings. The highest BCUT2D eigenvalue weighted by atomic mass is 16.2. The summed E-state index contributed by atoms with van der Waals surface area (Å²) >= 11 is 0. The van der Waals surface area contributed by atoms with Crippen LogP contribution in [0, 0.1) is 11.3 Å². The number of rotatable bonds is 4. The average molecular weight is 236 g/mol. The van der Waals surface area contributed by atoms with E-state index in [-0.39, 0.29) is 24.3 Å². The number of hydrazone groups is 1. The summed E-state index contributed by atoms with van der Waals surface area (Å²) in [6.45, 7) is 4.16. The minimum atomic E-state index is -0.199. The molecule has 1 N–H and O–H groups in total. The fourth-order valence-corrected chi connectivity index (χ4v) is 1.56. The van der Waals surface area contributed by atoms with Crippen LogP contribution in [0.4, 0.5) is 0 Å². The van der Waals surface area contributed by atoms with Gasteiger partial charge in [-0.2, -0.15) is 10.4 Å². The van der Waals surface area contributed by atoms with Crippen molar-refractivity contribution in [2.75, 3.05) is 6.54 Å². The van der Waals surface area contributed by atoms with E-state index >= 15 is 0 Å². The summed E-state index contributed by atoms with van der Waals surface area (Å²) < 4.78 is 0. The van der Waals surface area contributed by atoms with Crippen LogP contribution in [-0.4, -0.2) is 35.0 Å². The van der Waals surface area contributed by atoms with Crippen molar-refractivity contribution in [1.29, 1.82) is 5.26 Å². The van der Waals surface area contributed by atoms with E-state index in [9.17, 15) is 9.59 Å². The summed E-state index contributed by atoms with van der Waals surface area (Å²) in [5, 5.41) is 12.3. The summed E-state index contributed by atoms with van der Waals surface area (Å²) in [7, 11) is 0. The fourth-order valence-electron chi connectivity index (χ4n) is 1.56. The maximum Gasteiger partial charge on any atom is 0.270 e. The Labute approximate surface area is 100 Å². The summed E-state index contributed by atoms with van der Waals surface area (Å²) in [4.78, 5) is 24.6. The first-order valence-electron chi connectivity index (χ1n) is 5.59. The van der Waals surface area contributed by atoms with Crippen molar-refractivity contribution in [3.63, 3.8) is 0 Å². The normalized spacial score (nSPS) is 14.9. The molecule has 0 radical (unpaired) electrons. The number of nitriles is 1. The first-order valence-corrected chi connectivity index (χ1v) is 5.59. The molecule has 1 aliphatic heterocycles. The molecule has 0 unspecified atom stereocenters. The Morgan fingerprint density at radius 1 is 1.59 bits per heavy atom. The van der Waals surface area contributed by atoms with Crippen molar-refractivity contribution in [3.8, 4) is 6.07 Å². The lowest BCUT2D eigenvalue weighted by atomic mass is 10.1. The van der Waals surface area contributed by atoms with E-state index < -0.39 is 0 Å². The zero-order valence-electron chi connectivity index (χ0n) is 10.1. The van der Waals surface area contributed by atoms with Gasteiger partial charge in [0.15, 0.2) is 0 Å². The predicted molar refractivity (Wildman–Crippen MR) is 61.9 cm³/mol. The Hall–Kier alpha value is -1.90. The Bertz CT molecular complexity index is 381. The van der Waals surface area contributed by atoms with E-state index in [0.717, 1.165) is 0 Å². The SMILES string of the molecule is CC(C)N(CCC#N)C(=O)C1=NNC(=O)CC1. The van der Waals surface area contributed by atoms with Crippen molar-refractivity contribution in [2.45, 2.75) is 39.2 Å². The van der Waals surface area contributed by atoms with Gasteiger partial charge in [-0.25, -0.2) is 5.43 Å². The van der Waals surface area contributed by atoms with Gasteiger partial charge in [-0.1, -0.05) is 0 Å². The van der Waals surface area contributed by atoms with Crippen LogP contribution in [0.5, 0.6) is 0 Å². The van der Waals surface area contributed by atoms with E-state index in [1.807, 2.05) is 19.9 Å². The largest absolute Gasteiger partial charge is 0.334 e. The van der Waals surface area contributed by atoms with Crippen LogP contribution in [0.3, 0.4) is 0 Å². The molecule has 0 aromatic carbocycles. The second-order valence-corrected chi connectivity index (χ2v) is 4.09. The van der Waals surface area contributed by atoms with Crippen molar-refractivity contribution in [1.82, 2.24) is 10.3 Å². The average Bonchev–Trinajstić information content (AvgIpc) is 2.29. The molecule has 6 heteroatoms. The second kappa shape index (κ2) is 5.99. The first kappa shape index (κ1) is 13.2. The molecular weight excluding hydrogens is 220 g/mol. The van der Waals surface area contributed by atoms with Gasteiger partial charge in [0.2, 0.25) is 5.91 Å². The molecular formula is C11H16N4O2. The molecule has 0 bridgehead atoms. The van der Waals surface area contributed by atoms with E-state index in [4.69, 9.17) is 5.26 Å². The molecule has 0 spiro atoms. The third kappa shape index (κ3) is 3.55. The Morgan fingerprint density at radius 3 is 2.76 bits per heavy atom. The van der Waals surface area contributed by atoms with Gasteiger partial charge in [-0.15, -0.1) is 0 Å². The lowest BCUT2D eigenvalue weighted by Crippen LogP contribution is -2.44. The van der Waals surface area contributed by atoms with Crippen molar-refractivity contribution >= 4 is 17.5 Å². The van der Waals surface area contributed by atoms with E-state index in [0.29, 0.717) is 25.1 Å². The first-order chi connectivity index (χ1) is 8.06. The topological polar surface area (TPSA) is 85.6 Å². The molecule has 0 aromatic rings. The third-order valence-electron chi connectivity index (χ3n) is 2.50. The molecule has 1 heterocycles. The standard InChI is InChI=1S/C11H16N4O2/c1-8(2)15(7-3-6-12)11(17)9-4-5-10(16)14-13-9/h8H,3-5,7H2,1-2H3,(H,14,16). The molecule has 6 nitrogen and oxygen atoms in total. The number of hydrogen-bond donors (Lipinski definition) is 1. The van der Waals surface area contributed by atoms with Crippen LogP contribution in [-0.2, 0) is 9.59 Å². The fraction of sp³-hybridized carbons (Fsp3) is 0.636. The van der Waals surface area contributed by atoms with Crippen LogP contribution in [0.1, 0.15) is 33.1 Å². The molecule has 0 atom stereocenters. The van der Waals surface area contributed by atoms with Crippen LogP contribution >= 0.6 is 0 Å². The number of nitrogens with zero attached hydrogens (tertiary/aromatic N) is 3. The summed E-state index contributed by atoms with van der Waals surface area (Å²) in [5.74, 6) is -0.370. The zero-order valence-corrected chi connectivity index (χ0v) is 10.1. The lowest BCUT2D eigenvalue weighted by molar-refractivity contribution is -0.126. The van der Waals surface area contributed by atoms with Crippen LogP contribution in [0.2, 0.25) is 0 Å². The number of carbonyl (C=O) groups is 2. The highest BCUT2D eigenvalue weighted by Crippen LogP contribution is 2.07. The van der Waals surface area contributed by atoms with Gasteiger partial charge in [0.25, 0.3) is 5.91 Å². The molecule has 0 saturated heterocycles. The zero-order chi connectivity index (χ0) is 12.8. The Kier molecular flexibility index (Phi) is 4.64. The number of nitrogens with one attached hydrogen (secondary N) is 1. The quantitative estimate of drug-likeness (QED) is 0.766. The van der Waals surface area contributed by atoms with Gasteiger partial charge in [0, 0.05) is 25.4 Å². The highest BCUT2D eigenvalue weighted by molar-refractivity contribution is 6.39. The van der Waals surface area contributed by atoms with E-state index in [1.54, 1.807) is 4.90 Å². The Morgan fingerprint density at radius 2 is 2.29 bits per heavy atom. The van der Waals surface area contributed by atoms with Gasteiger partial charge in [0.05, 0.1) is 12.5 Å². The van der Waals surface area contributed by atoms with Crippen molar-refractivity contribution < 1.29 is 9.59 Å². The maximum atomic E-state index is 12.1.